The molecule has 1 atom stereocenters. The van der Waals surface area contributed by atoms with Gasteiger partial charge in [-0.05, 0) is 6.92 Å². The summed E-state index contributed by atoms with van der Waals surface area (Å²) < 4.78 is 12.2. The highest BCUT2D eigenvalue weighted by Gasteiger charge is 2.16. The maximum atomic E-state index is 5.11. The van der Waals surface area contributed by atoms with Crippen LogP contribution in [0.2, 0.25) is 0 Å². The average Bonchev–Trinajstić information content (AvgIpc) is 2.58. The second-order valence-electron chi connectivity index (χ2n) is 2.59. The Labute approximate surface area is 72.1 Å². The Balaban J connectivity index is 2.63. The lowest BCUT2D eigenvalue weighted by molar-refractivity contribution is -0.128. The van der Waals surface area contributed by atoms with E-state index in [1.165, 1.54) is 0 Å². The first-order chi connectivity index (χ1) is 5.79. The fourth-order valence-corrected chi connectivity index (χ4v) is 1.14. The SMILES string of the molecule is COC(OC)C(C)n1ccnc1. The van der Waals surface area contributed by atoms with Crippen LogP contribution in [0.4, 0.5) is 0 Å². The third-order valence-electron chi connectivity index (χ3n) is 1.85. The van der Waals surface area contributed by atoms with E-state index in [-0.39, 0.29) is 12.3 Å². The van der Waals surface area contributed by atoms with Crippen LogP contribution in [0.25, 0.3) is 0 Å². The number of ether oxygens (including phenoxy) is 2. The van der Waals surface area contributed by atoms with Crippen molar-refractivity contribution in [2.75, 3.05) is 14.2 Å². The van der Waals surface area contributed by atoms with E-state index in [4.69, 9.17) is 9.47 Å². The van der Waals surface area contributed by atoms with E-state index >= 15 is 0 Å². The molecule has 0 saturated carbocycles. The molecule has 0 aliphatic heterocycles. The molecule has 0 aliphatic rings. The maximum absolute atomic E-state index is 5.11. The number of aromatic nitrogens is 2. The standard InChI is InChI=1S/C8H14N2O2/c1-7(8(11-2)12-3)10-5-4-9-6-10/h4-8H,1-3H3. The number of hydrogen-bond acceptors (Lipinski definition) is 3. The Hall–Kier alpha value is -0.870. The zero-order chi connectivity index (χ0) is 8.97. The molecule has 1 aromatic rings. The molecule has 0 aromatic carbocycles. The van der Waals surface area contributed by atoms with Crippen LogP contribution >= 0.6 is 0 Å². The fourth-order valence-electron chi connectivity index (χ4n) is 1.14. The number of nitrogens with zero attached hydrogens (tertiary/aromatic N) is 2. The zero-order valence-corrected chi connectivity index (χ0v) is 7.60. The second-order valence-corrected chi connectivity index (χ2v) is 2.59. The fraction of sp³-hybridized carbons (Fsp3) is 0.625. The quantitative estimate of drug-likeness (QED) is 0.634. The van der Waals surface area contributed by atoms with Gasteiger partial charge in [0, 0.05) is 26.6 Å². The van der Waals surface area contributed by atoms with Gasteiger partial charge < -0.3 is 14.0 Å². The summed E-state index contributed by atoms with van der Waals surface area (Å²) in [5.74, 6) is 0. The normalized spacial score (nSPS) is 13.7. The van der Waals surface area contributed by atoms with Crippen molar-refractivity contribution in [1.82, 2.24) is 9.55 Å². The monoisotopic (exact) mass is 170 g/mol. The predicted molar refractivity (Wildman–Crippen MR) is 44.7 cm³/mol. The summed E-state index contributed by atoms with van der Waals surface area (Å²) in [6.45, 7) is 2.01. The van der Waals surface area contributed by atoms with Gasteiger partial charge in [-0.15, -0.1) is 0 Å². The molecule has 0 amide bonds. The Bertz CT molecular complexity index is 207. The molecular weight excluding hydrogens is 156 g/mol. The Morgan fingerprint density at radius 1 is 1.33 bits per heavy atom. The third-order valence-corrected chi connectivity index (χ3v) is 1.85. The molecule has 68 valence electrons. The van der Waals surface area contributed by atoms with Crippen molar-refractivity contribution in [2.24, 2.45) is 0 Å². The van der Waals surface area contributed by atoms with Crippen molar-refractivity contribution < 1.29 is 9.47 Å². The molecule has 4 heteroatoms. The van der Waals surface area contributed by atoms with Crippen molar-refractivity contribution in [2.45, 2.75) is 19.3 Å². The summed E-state index contributed by atoms with van der Waals surface area (Å²) in [5.41, 5.74) is 0. The summed E-state index contributed by atoms with van der Waals surface area (Å²) in [6, 6.07) is 0.141. The summed E-state index contributed by atoms with van der Waals surface area (Å²) >= 11 is 0. The van der Waals surface area contributed by atoms with Crippen LogP contribution in [0.15, 0.2) is 18.7 Å². The molecule has 4 nitrogen and oxygen atoms in total. The first-order valence-electron chi connectivity index (χ1n) is 3.82. The van der Waals surface area contributed by atoms with Crippen LogP contribution in [-0.4, -0.2) is 30.1 Å². The van der Waals surface area contributed by atoms with Crippen LogP contribution in [0.5, 0.6) is 0 Å². The molecule has 0 aliphatic carbocycles. The van der Waals surface area contributed by atoms with Crippen LogP contribution < -0.4 is 0 Å². The summed E-state index contributed by atoms with van der Waals surface area (Å²) in [4.78, 5) is 3.95. The van der Waals surface area contributed by atoms with E-state index in [0.717, 1.165) is 0 Å². The lowest BCUT2D eigenvalue weighted by atomic mass is 10.3. The van der Waals surface area contributed by atoms with E-state index in [2.05, 4.69) is 4.98 Å². The van der Waals surface area contributed by atoms with E-state index in [1.54, 1.807) is 26.7 Å². The van der Waals surface area contributed by atoms with Gasteiger partial charge in [-0.3, -0.25) is 0 Å². The Morgan fingerprint density at radius 3 is 2.42 bits per heavy atom. The van der Waals surface area contributed by atoms with Crippen molar-refractivity contribution in [1.29, 1.82) is 0 Å². The van der Waals surface area contributed by atoms with Crippen molar-refractivity contribution in [3.05, 3.63) is 18.7 Å². The molecule has 0 radical (unpaired) electrons. The molecule has 1 aromatic heterocycles. The minimum atomic E-state index is -0.223. The highest BCUT2D eigenvalue weighted by atomic mass is 16.7. The van der Waals surface area contributed by atoms with Gasteiger partial charge >= 0.3 is 0 Å². The topological polar surface area (TPSA) is 36.3 Å². The molecular formula is C8H14N2O2. The lowest BCUT2D eigenvalue weighted by Gasteiger charge is -2.21. The number of rotatable bonds is 4. The molecule has 1 heterocycles. The minimum absolute atomic E-state index is 0.141. The number of imidazole rings is 1. The van der Waals surface area contributed by atoms with Gasteiger partial charge in [0.15, 0.2) is 6.29 Å². The molecule has 0 bridgehead atoms. The van der Waals surface area contributed by atoms with Crippen LogP contribution in [-0.2, 0) is 9.47 Å². The first kappa shape index (κ1) is 9.22. The first-order valence-corrected chi connectivity index (χ1v) is 3.82. The Morgan fingerprint density at radius 2 is 2.00 bits per heavy atom. The van der Waals surface area contributed by atoms with E-state index in [1.807, 2.05) is 17.7 Å². The van der Waals surface area contributed by atoms with Crippen LogP contribution in [0.1, 0.15) is 13.0 Å². The van der Waals surface area contributed by atoms with Gasteiger partial charge in [0.1, 0.15) is 0 Å². The van der Waals surface area contributed by atoms with Gasteiger partial charge in [0.05, 0.1) is 12.4 Å². The predicted octanol–water partition coefficient (Wildman–Crippen LogP) is 1.06. The summed E-state index contributed by atoms with van der Waals surface area (Å²) in [7, 11) is 3.25. The van der Waals surface area contributed by atoms with Gasteiger partial charge in [0.2, 0.25) is 0 Å². The lowest BCUT2D eigenvalue weighted by Crippen LogP contribution is -2.24. The molecule has 0 saturated heterocycles. The van der Waals surface area contributed by atoms with E-state index < -0.39 is 0 Å². The molecule has 0 fully saturated rings. The summed E-state index contributed by atoms with van der Waals surface area (Å²) in [6.07, 6.45) is 5.14. The van der Waals surface area contributed by atoms with Crippen molar-refractivity contribution in [3.8, 4) is 0 Å². The molecule has 0 N–H and O–H groups in total. The highest BCUT2D eigenvalue weighted by molar-refractivity contribution is 4.79. The molecule has 1 rings (SSSR count). The largest absolute Gasteiger partial charge is 0.354 e. The van der Waals surface area contributed by atoms with Crippen LogP contribution in [0, 0.1) is 0 Å². The van der Waals surface area contributed by atoms with Gasteiger partial charge in [0.25, 0.3) is 0 Å². The van der Waals surface area contributed by atoms with Gasteiger partial charge in [-0.25, -0.2) is 4.98 Å². The van der Waals surface area contributed by atoms with Crippen molar-refractivity contribution >= 4 is 0 Å². The average molecular weight is 170 g/mol. The summed E-state index contributed by atoms with van der Waals surface area (Å²) in [5, 5.41) is 0. The number of hydrogen-bond donors (Lipinski definition) is 0. The zero-order valence-electron chi connectivity index (χ0n) is 7.60. The van der Waals surface area contributed by atoms with Crippen LogP contribution in [0.3, 0.4) is 0 Å². The Kier molecular flexibility index (Phi) is 3.25. The second kappa shape index (κ2) is 4.23. The molecule has 0 spiro atoms. The smallest absolute Gasteiger partial charge is 0.177 e. The number of methoxy groups -OCH3 is 2. The minimum Gasteiger partial charge on any atom is -0.354 e. The van der Waals surface area contributed by atoms with E-state index in [0.29, 0.717) is 0 Å². The maximum Gasteiger partial charge on any atom is 0.177 e. The van der Waals surface area contributed by atoms with Gasteiger partial charge in [-0.1, -0.05) is 0 Å². The molecule has 12 heavy (non-hydrogen) atoms. The highest BCUT2D eigenvalue weighted by Crippen LogP contribution is 2.13. The van der Waals surface area contributed by atoms with Gasteiger partial charge in [-0.2, -0.15) is 0 Å². The van der Waals surface area contributed by atoms with E-state index in [9.17, 15) is 0 Å². The third kappa shape index (κ3) is 1.84. The van der Waals surface area contributed by atoms with Crippen molar-refractivity contribution in [3.63, 3.8) is 0 Å². The molecule has 1 unspecified atom stereocenters.